The van der Waals surface area contributed by atoms with E-state index in [1.54, 1.807) is 14.2 Å². The van der Waals surface area contributed by atoms with Crippen LogP contribution in [0.15, 0.2) is 18.2 Å². The molecule has 6 nitrogen and oxygen atoms in total. The monoisotopic (exact) mass is 314 g/mol. The highest BCUT2D eigenvalue weighted by molar-refractivity contribution is 6.32. The molecule has 1 N–H and O–H groups in total. The summed E-state index contributed by atoms with van der Waals surface area (Å²) in [6.07, 6.45) is 0. The largest absolute Gasteiger partial charge is 0.493 e. The van der Waals surface area contributed by atoms with Crippen molar-refractivity contribution >= 4 is 29.0 Å². The van der Waals surface area contributed by atoms with E-state index in [0.29, 0.717) is 23.9 Å². The normalized spacial score (nSPS) is 10.2. The Hall–Kier alpha value is -1.79. The fourth-order valence-corrected chi connectivity index (χ4v) is 1.85. The van der Waals surface area contributed by atoms with E-state index in [1.165, 1.54) is 0 Å². The Morgan fingerprint density at radius 3 is 2.55 bits per heavy atom. The van der Waals surface area contributed by atoms with Crippen molar-refractivity contribution in [2.75, 3.05) is 19.5 Å². The van der Waals surface area contributed by atoms with Crippen molar-refractivity contribution in [3.05, 3.63) is 34.2 Å². The van der Waals surface area contributed by atoms with Gasteiger partial charge in [0, 0.05) is 6.54 Å². The minimum Gasteiger partial charge on any atom is -0.493 e. The first kappa shape index (κ1) is 14.6. The minimum atomic E-state index is 0.0317. The van der Waals surface area contributed by atoms with Gasteiger partial charge in [-0.05, 0) is 29.3 Å². The SMILES string of the molecule is COc1ccc(CNc2nc(Cl)nnc2Cl)cc1OC. The molecule has 20 heavy (non-hydrogen) atoms. The first-order valence-corrected chi connectivity index (χ1v) is 6.40. The van der Waals surface area contributed by atoms with Gasteiger partial charge in [-0.25, -0.2) is 0 Å². The van der Waals surface area contributed by atoms with Gasteiger partial charge in [0.15, 0.2) is 22.5 Å². The summed E-state index contributed by atoms with van der Waals surface area (Å²) in [5, 5.41) is 10.4. The quantitative estimate of drug-likeness (QED) is 0.915. The van der Waals surface area contributed by atoms with Crippen molar-refractivity contribution in [1.29, 1.82) is 0 Å². The maximum Gasteiger partial charge on any atom is 0.245 e. The van der Waals surface area contributed by atoms with Crippen LogP contribution in [-0.4, -0.2) is 29.4 Å². The van der Waals surface area contributed by atoms with Crippen molar-refractivity contribution in [3.8, 4) is 11.5 Å². The number of nitrogens with one attached hydrogen (secondary N) is 1. The van der Waals surface area contributed by atoms with Crippen LogP contribution >= 0.6 is 23.2 Å². The van der Waals surface area contributed by atoms with E-state index in [2.05, 4.69) is 20.5 Å². The van der Waals surface area contributed by atoms with Crippen LogP contribution in [0.4, 0.5) is 5.82 Å². The van der Waals surface area contributed by atoms with Gasteiger partial charge < -0.3 is 14.8 Å². The molecule has 0 unspecified atom stereocenters. The number of hydrogen-bond donors (Lipinski definition) is 1. The molecule has 0 atom stereocenters. The van der Waals surface area contributed by atoms with Crippen LogP contribution in [0, 0.1) is 0 Å². The number of anilines is 1. The second-order valence-electron chi connectivity index (χ2n) is 3.76. The second-order valence-corrected chi connectivity index (χ2v) is 4.46. The van der Waals surface area contributed by atoms with Crippen LogP contribution in [0.5, 0.6) is 11.5 Å². The molecule has 1 aromatic carbocycles. The number of aromatic nitrogens is 3. The standard InChI is InChI=1S/C12H12Cl2N4O2/c1-19-8-4-3-7(5-9(8)20-2)6-15-11-10(13)17-18-12(14)16-11/h3-5H,6H2,1-2H3,(H,15,16,18). The summed E-state index contributed by atoms with van der Waals surface area (Å²) in [6, 6.07) is 5.58. The molecule has 2 rings (SSSR count). The van der Waals surface area contributed by atoms with Gasteiger partial charge in [-0.1, -0.05) is 17.7 Å². The van der Waals surface area contributed by atoms with Crippen molar-refractivity contribution in [2.45, 2.75) is 6.54 Å². The lowest BCUT2D eigenvalue weighted by molar-refractivity contribution is 0.354. The average molecular weight is 315 g/mol. The molecule has 0 spiro atoms. The summed E-state index contributed by atoms with van der Waals surface area (Å²) >= 11 is 11.5. The lowest BCUT2D eigenvalue weighted by atomic mass is 10.2. The van der Waals surface area contributed by atoms with E-state index < -0.39 is 0 Å². The third-order valence-electron chi connectivity index (χ3n) is 2.53. The molecule has 8 heteroatoms. The number of benzene rings is 1. The van der Waals surface area contributed by atoms with Crippen LogP contribution in [0.25, 0.3) is 0 Å². The first-order valence-electron chi connectivity index (χ1n) is 5.64. The van der Waals surface area contributed by atoms with Gasteiger partial charge in [-0.3, -0.25) is 0 Å². The molecule has 0 saturated heterocycles. The number of nitrogens with zero attached hydrogens (tertiary/aromatic N) is 3. The highest BCUT2D eigenvalue weighted by atomic mass is 35.5. The summed E-state index contributed by atoms with van der Waals surface area (Å²) < 4.78 is 10.4. The zero-order valence-corrected chi connectivity index (χ0v) is 12.4. The van der Waals surface area contributed by atoms with Crippen molar-refractivity contribution in [1.82, 2.24) is 15.2 Å². The van der Waals surface area contributed by atoms with Gasteiger partial charge in [0.25, 0.3) is 0 Å². The predicted octanol–water partition coefficient (Wildman–Crippen LogP) is 2.81. The van der Waals surface area contributed by atoms with Crippen molar-refractivity contribution in [3.63, 3.8) is 0 Å². The fourth-order valence-electron chi connectivity index (χ4n) is 1.58. The highest BCUT2D eigenvalue weighted by Crippen LogP contribution is 2.28. The predicted molar refractivity (Wildman–Crippen MR) is 76.7 cm³/mol. The lowest BCUT2D eigenvalue weighted by Crippen LogP contribution is -2.04. The average Bonchev–Trinajstić information content (AvgIpc) is 2.47. The highest BCUT2D eigenvalue weighted by Gasteiger charge is 2.08. The molecular formula is C12H12Cl2N4O2. The maximum atomic E-state index is 5.87. The van der Waals surface area contributed by atoms with Gasteiger partial charge in [0.05, 0.1) is 14.2 Å². The first-order chi connectivity index (χ1) is 9.63. The minimum absolute atomic E-state index is 0.0317. The molecule has 0 aliphatic rings. The topological polar surface area (TPSA) is 69.2 Å². The molecule has 0 fully saturated rings. The number of ether oxygens (including phenoxy) is 2. The van der Waals surface area contributed by atoms with Crippen molar-refractivity contribution in [2.24, 2.45) is 0 Å². The Morgan fingerprint density at radius 1 is 1.10 bits per heavy atom. The second kappa shape index (κ2) is 6.58. The number of rotatable bonds is 5. The molecule has 1 aromatic heterocycles. The molecule has 106 valence electrons. The summed E-state index contributed by atoms with van der Waals surface area (Å²) in [7, 11) is 3.17. The molecule has 0 aliphatic carbocycles. The van der Waals surface area contributed by atoms with Gasteiger partial charge in [-0.15, -0.1) is 10.2 Å². The Morgan fingerprint density at radius 2 is 1.85 bits per heavy atom. The third kappa shape index (κ3) is 3.40. The van der Waals surface area contributed by atoms with E-state index in [0.717, 1.165) is 5.56 Å². The van der Waals surface area contributed by atoms with Crippen LogP contribution < -0.4 is 14.8 Å². The Bertz CT molecular complexity index is 610. The molecule has 1 heterocycles. The van der Waals surface area contributed by atoms with Crippen LogP contribution in [0.3, 0.4) is 0 Å². The van der Waals surface area contributed by atoms with E-state index >= 15 is 0 Å². The molecule has 0 aliphatic heterocycles. The fraction of sp³-hybridized carbons (Fsp3) is 0.250. The third-order valence-corrected chi connectivity index (χ3v) is 2.94. The number of hydrogen-bond acceptors (Lipinski definition) is 6. The summed E-state index contributed by atoms with van der Waals surface area (Å²) in [6.45, 7) is 0.481. The molecule has 0 saturated carbocycles. The van der Waals surface area contributed by atoms with Gasteiger partial charge >= 0.3 is 0 Å². The smallest absolute Gasteiger partial charge is 0.245 e. The maximum absolute atomic E-state index is 5.87. The van der Waals surface area contributed by atoms with Crippen molar-refractivity contribution < 1.29 is 9.47 Å². The van der Waals surface area contributed by atoms with Crippen LogP contribution in [0.1, 0.15) is 5.56 Å². The van der Waals surface area contributed by atoms with Crippen LogP contribution in [0.2, 0.25) is 10.4 Å². The molecular weight excluding hydrogens is 303 g/mol. The molecule has 0 amide bonds. The molecule has 2 aromatic rings. The molecule has 0 bridgehead atoms. The number of methoxy groups -OCH3 is 2. The van der Waals surface area contributed by atoms with E-state index in [9.17, 15) is 0 Å². The van der Waals surface area contributed by atoms with Gasteiger partial charge in [0.1, 0.15) is 0 Å². The van der Waals surface area contributed by atoms with E-state index in [1.807, 2.05) is 18.2 Å². The molecule has 0 radical (unpaired) electrons. The number of halogens is 2. The van der Waals surface area contributed by atoms with Gasteiger partial charge in [-0.2, -0.15) is 4.98 Å². The Balaban J connectivity index is 2.12. The Labute approximate surface area is 126 Å². The summed E-state index contributed by atoms with van der Waals surface area (Å²) in [4.78, 5) is 3.96. The van der Waals surface area contributed by atoms with Crippen LogP contribution in [-0.2, 0) is 6.54 Å². The zero-order chi connectivity index (χ0) is 14.5. The van der Waals surface area contributed by atoms with E-state index in [-0.39, 0.29) is 10.4 Å². The summed E-state index contributed by atoms with van der Waals surface area (Å²) in [5.74, 6) is 1.69. The lowest BCUT2D eigenvalue weighted by Gasteiger charge is -2.10. The summed E-state index contributed by atoms with van der Waals surface area (Å²) in [5.41, 5.74) is 0.966. The van der Waals surface area contributed by atoms with Gasteiger partial charge in [0.2, 0.25) is 5.28 Å². The zero-order valence-electron chi connectivity index (χ0n) is 10.9. The Kier molecular flexibility index (Phi) is 4.81. The van der Waals surface area contributed by atoms with E-state index in [4.69, 9.17) is 32.7 Å².